The molecule has 0 heterocycles. The molecule has 0 nitrogen and oxygen atoms in total. The molecule has 1 heteroatoms. The molecular formula is C12H27P. The van der Waals surface area contributed by atoms with Gasteiger partial charge in [-0.25, -0.2) is 0 Å². The third-order valence-electron chi connectivity index (χ3n) is 2.31. The SMILES string of the molecule is CC(CP)CC(C)(C)CC(C)(C)C. The highest BCUT2D eigenvalue weighted by Gasteiger charge is 2.26. The second-order valence-electron chi connectivity index (χ2n) is 6.45. The largest absolute Gasteiger partial charge is 0.137 e. The maximum Gasteiger partial charge on any atom is -0.0347 e. The smallest absolute Gasteiger partial charge is 0.0347 e. The second kappa shape index (κ2) is 4.78. The van der Waals surface area contributed by atoms with Gasteiger partial charge in [0.2, 0.25) is 0 Å². The van der Waals surface area contributed by atoms with Crippen molar-refractivity contribution in [1.82, 2.24) is 0 Å². The first-order valence-electron chi connectivity index (χ1n) is 5.36. The molecule has 0 aromatic heterocycles. The van der Waals surface area contributed by atoms with Crippen molar-refractivity contribution in [3.05, 3.63) is 0 Å². The predicted molar refractivity (Wildman–Crippen MR) is 66.2 cm³/mol. The van der Waals surface area contributed by atoms with Crippen LogP contribution in [0.5, 0.6) is 0 Å². The fourth-order valence-corrected chi connectivity index (χ4v) is 2.70. The van der Waals surface area contributed by atoms with Gasteiger partial charge in [0.25, 0.3) is 0 Å². The van der Waals surface area contributed by atoms with Crippen LogP contribution in [-0.2, 0) is 0 Å². The van der Waals surface area contributed by atoms with E-state index in [4.69, 9.17) is 0 Å². The van der Waals surface area contributed by atoms with Gasteiger partial charge in [0.15, 0.2) is 0 Å². The van der Waals surface area contributed by atoms with Crippen LogP contribution in [0, 0.1) is 16.7 Å². The molecule has 0 radical (unpaired) electrons. The molecule has 0 fully saturated rings. The molecule has 0 spiro atoms. The Balaban J connectivity index is 4.08. The first-order valence-corrected chi connectivity index (χ1v) is 6.18. The minimum absolute atomic E-state index is 0.462. The zero-order chi connectivity index (χ0) is 10.7. The predicted octanol–water partition coefficient (Wildman–Crippen LogP) is 4.35. The van der Waals surface area contributed by atoms with Gasteiger partial charge in [-0.2, -0.15) is 0 Å². The topological polar surface area (TPSA) is 0 Å². The van der Waals surface area contributed by atoms with Gasteiger partial charge in [0.1, 0.15) is 0 Å². The Bertz CT molecular complexity index is 142. The lowest BCUT2D eigenvalue weighted by molar-refractivity contribution is 0.180. The minimum Gasteiger partial charge on any atom is -0.137 e. The molecule has 80 valence electrons. The van der Waals surface area contributed by atoms with Crippen molar-refractivity contribution < 1.29 is 0 Å². The summed E-state index contributed by atoms with van der Waals surface area (Å²) < 4.78 is 0. The van der Waals surface area contributed by atoms with E-state index in [1.807, 2.05) is 0 Å². The molecule has 0 saturated carbocycles. The maximum absolute atomic E-state index is 2.85. The van der Waals surface area contributed by atoms with Gasteiger partial charge in [-0.1, -0.05) is 41.5 Å². The normalized spacial score (nSPS) is 15.9. The van der Waals surface area contributed by atoms with Crippen LogP contribution in [0.15, 0.2) is 0 Å². The van der Waals surface area contributed by atoms with Crippen LogP contribution in [0.3, 0.4) is 0 Å². The number of hydrogen-bond acceptors (Lipinski definition) is 0. The molecule has 0 bridgehead atoms. The average molecular weight is 202 g/mol. The summed E-state index contributed by atoms with van der Waals surface area (Å²) in [6.45, 7) is 14.1. The molecule has 0 saturated heterocycles. The number of hydrogen-bond donors (Lipinski definition) is 0. The van der Waals surface area contributed by atoms with Gasteiger partial charge >= 0.3 is 0 Å². The maximum atomic E-state index is 2.85. The Morgan fingerprint density at radius 3 is 1.85 bits per heavy atom. The molecule has 0 aromatic carbocycles. The third kappa shape index (κ3) is 7.50. The summed E-state index contributed by atoms with van der Waals surface area (Å²) in [7, 11) is 2.85. The van der Waals surface area contributed by atoms with E-state index in [1.165, 1.54) is 19.0 Å². The molecule has 0 aliphatic carbocycles. The van der Waals surface area contributed by atoms with Gasteiger partial charge in [-0.05, 0) is 35.8 Å². The van der Waals surface area contributed by atoms with E-state index >= 15 is 0 Å². The zero-order valence-electron chi connectivity index (χ0n) is 10.3. The Morgan fingerprint density at radius 1 is 1.08 bits per heavy atom. The Kier molecular flexibility index (Phi) is 4.94. The van der Waals surface area contributed by atoms with Crippen LogP contribution in [0.1, 0.15) is 54.4 Å². The average Bonchev–Trinajstić information content (AvgIpc) is 1.80. The van der Waals surface area contributed by atoms with Crippen LogP contribution in [0.25, 0.3) is 0 Å². The molecule has 2 atom stereocenters. The van der Waals surface area contributed by atoms with Gasteiger partial charge in [0, 0.05) is 0 Å². The molecule has 0 rings (SSSR count). The fraction of sp³-hybridized carbons (Fsp3) is 1.00. The van der Waals surface area contributed by atoms with E-state index in [1.54, 1.807) is 0 Å². The molecule has 0 aromatic rings. The van der Waals surface area contributed by atoms with Crippen molar-refractivity contribution in [2.75, 3.05) is 6.16 Å². The lowest BCUT2D eigenvalue weighted by Crippen LogP contribution is -2.23. The van der Waals surface area contributed by atoms with Gasteiger partial charge < -0.3 is 0 Å². The molecule has 13 heavy (non-hydrogen) atoms. The van der Waals surface area contributed by atoms with Gasteiger partial charge in [0.05, 0.1) is 0 Å². The van der Waals surface area contributed by atoms with Crippen molar-refractivity contribution in [3.63, 3.8) is 0 Å². The van der Waals surface area contributed by atoms with E-state index in [9.17, 15) is 0 Å². The van der Waals surface area contributed by atoms with Crippen molar-refractivity contribution in [2.45, 2.75) is 54.4 Å². The van der Waals surface area contributed by atoms with Crippen LogP contribution in [0.4, 0.5) is 0 Å². The highest BCUT2D eigenvalue weighted by atomic mass is 31.0. The van der Waals surface area contributed by atoms with Crippen molar-refractivity contribution in [2.24, 2.45) is 16.7 Å². The summed E-state index contributed by atoms with van der Waals surface area (Å²) in [5.74, 6) is 0.836. The summed E-state index contributed by atoms with van der Waals surface area (Å²) in [6, 6.07) is 0. The van der Waals surface area contributed by atoms with Crippen molar-refractivity contribution in [1.29, 1.82) is 0 Å². The standard InChI is InChI=1S/C12H27P/c1-10(8-13)7-12(5,6)9-11(2,3)4/h10H,7-9,13H2,1-6H3. The van der Waals surface area contributed by atoms with Crippen molar-refractivity contribution >= 4 is 9.24 Å². The van der Waals surface area contributed by atoms with Crippen LogP contribution < -0.4 is 0 Å². The van der Waals surface area contributed by atoms with E-state index in [0.29, 0.717) is 10.8 Å². The zero-order valence-corrected chi connectivity index (χ0v) is 11.4. The van der Waals surface area contributed by atoms with Crippen LogP contribution in [0.2, 0.25) is 0 Å². The monoisotopic (exact) mass is 202 g/mol. The van der Waals surface area contributed by atoms with Crippen LogP contribution >= 0.6 is 9.24 Å². The highest BCUT2D eigenvalue weighted by molar-refractivity contribution is 7.16. The van der Waals surface area contributed by atoms with Crippen molar-refractivity contribution in [3.8, 4) is 0 Å². The first kappa shape index (κ1) is 13.4. The lowest BCUT2D eigenvalue weighted by atomic mass is 9.72. The van der Waals surface area contributed by atoms with Gasteiger partial charge in [-0.3, -0.25) is 0 Å². The highest BCUT2D eigenvalue weighted by Crippen LogP contribution is 2.38. The molecule has 0 aliphatic rings. The summed E-state index contributed by atoms with van der Waals surface area (Å²) in [5, 5.41) is 0. The van der Waals surface area contributed by atoms with E-state index in [-0.39, 0.29) is 0 Å². The van der Waals surface area contributed by atoms with E-state index in [0.717, 1.165) is 5.92 Å². The second-order valence-corrected chi connectivity index (χ2v) is 6.92. The number of rotatable bonds is 4. The van der Waals surface area contributed by atoms with Crippen LogP contribution in [-0.4, -0.2) is 6.16 Å². The first-order chi connectivity index (χ1) is 5.66. The summed E-state index contributed by atoms with van der Waals surface area (Å²) in [4.78, 5) is 0. The van der Waals surface area contributed by atoms with Gasteiger partial charge in [-0.15, -0.1) is 9.24 Å². The quantitative estimate of drug-likeness (QED) is 0.594. The molecular weight excluding hydrogens is 175 g/mol. The Morgan fingerprint density at radius 2 is 1.54 bits per heavy atom. The van der Waals surface area contributed by atoms with E-state index in [2.05, 4.69) is 50.8 Å². The lowest BCUT2D eigenvalue weighted by Gasteiger charge is -2.34. The summed E-state index contributed by atoms with van der Waals surface area (Å²) >= 11 is 0. The molecule has 0 aliphatic heterocycles. The molecule has 0 amide bonds. The van der Waals surface area contributed by atoms with E-state index < -0.39 is 0 Å². The summed E-state index contributed by atoms with van der Waals surface area (Å²) in [6.07, 6.45) is 3.89. The summed E-state index contributed by atoms with van der Waals surface area (Å²) in [5.41, 5.74) is 0.957. The minimum atomic E-state index is 0.462. The Labute approximate surface area is 87.1 Å². The Hall–Kier alpha value is 0.430. The fourth-order valence-electron chi connectivity index (χ4n) is 2.53. The molecule has 0 N–H and O–H groups in total. The molecule has 2 unspecified atom stereocenters. The third-order valence-corrected chi connectivity index (χ3v) is 3.12.